The van der Waals surface area contributed by atoms with Crippen LogP contribution in [0.4, 0.5) is 0 Å². The van der Waals surface area contributed by atoms with Crippen molar-refractivity contribution in [2.24, 2.45) is 0 Å². The molecule has 7 nitrogen and oxygen atoms in total. The minimum atomic E-state index is -0.451. The van der Waals surface area contributed by atoms with Gasteiger partial charge in [-0.25, -0.2) is 0 Å². The Labute approximate surface area is 198 Å². The van der Waals surface area contributed by atoms with Gasteiger partial charge in [-0.15, -0.1) is 0 Å². The van der Waals surface area contributed by atoms with Crippen LogP contribution in [-0.4, -0.2) is 30.1 Å². The number of thiocarbonyl (C=S) groups is 1. The third kappa shape index (κ3) is 7.93. The van der Waals surface area contributed by atoms with Crippen LogP contribution in [0.5, 0.6) is 11.5 Å². The number of carbonyl (C=O) groups is 2. The highest BCUT2D eigenvalue weighted by Crippen LogP contribution is 2.18. The Bertz CT molecular complexity index is 1090. The van der Waals surface area contributed by atoms with Gasteiger partial charge in [-0.1, -0.05) is 60.2 Å². The number of carbonyl (C=O) groups excluding carboxylic acids is 2. The minimum absolute atomic E-state index is 0.0530. The monoisotopic (exact) mass is 463 g/mol. The zero-order chi connectivity index (χ0) is 23.5. The van der Waals surface area contributed by atoms with Crippen molar-refractivity contribution < 1.29 is 19.1 Å². The lowest BCUT2D eigenvalue weighted by molar-refractivity contribution is -0.123. The number of ether oxygens (including phenoxy) is 2. The Morgan fingerprint density at radius 1 is 0.848 bits per heavy atom. The predicted octanol–water partition coefficient (Wildman–Crippen LogP) is 3.33. The lowest BCUT2D eigenvalue weighted by atomic mass is 10.1. The van der Waals surface area contributed by atoms with E-state index in [9.17, 15) is 9.59 Å². The van der Waals surface area contributed by atoms with E-state index in [0.717, 1.165) is 11.1 Å². The van der Waals surface area contributed by atoms with Crippen molar-refractivity contribution in [1.29, 1.82) is 0 Å². The molecule has 0 aliphatic rings. The molecule has 0 atom stereocenters. The fraction of sp³-hybridized carbons (Fsp3) is 0.160. The summed E-state index contributed by atoms with van der Waals surface area (Å²) in [6, 6.07) is 24.2. The minimum Gasteiger partial charge on any atom is -0.492 e. The highest BCUT2D eigenvalue weighted by Gasteiger charge is 2.14. The van der Waals surface area contributed by atoms with Crippen LogP contribution in [0.3, 0.4) is 0 Å². The third-order valence-electron chi connectivity index (χ3n) is 4.56. The number of rotatable bonds is 8. The number of para-hydroxylation sites is 1. The molecule has 0 aromatic heterocycles. The second-order valence-electron chi connectivity index (χ2n) is 7.14. The zero-order valence-corrected chi connectivity index (χ0v) is 19.0. The summed E-state index contributed by atoms with van der Waals surface area (Å²) >= 11 is 5.10. The summed E-state index contributed by atoms with van der Waals surface area (Å²) in [5.41, 5.74) is 7.46. The van der Waals surface area contributed by atoms with Crippen molar-refractivity contribution in [3.8, 4) is 11.5 Å². The number of hydrazine groups is 1. The zero-order valence-electron chi connectivity index (χ0n) is 18.2. The summed E-state index contributed by atoms with van der Waals surface area (Å²) in [5, 5.41) is 2.47. The van der Waals surface area contributed by atoms with Gasteiger partial charge in [0.15, 0.2) is 11.7 Å². The van der Waals surface area contributed by atoms with Gasteiger partial charge in [0, 0.05) is 6.42 Å². The lowest BCUT2D eigenvalue weighted by Gasteiger charge is -2.14. The summed E-state index contributed by atoms with van der Waals surface area (Å²) in [6.07, 6.45) is 0.716. The first-order valence-electron chi connectivity index (χ1n) is 10.4. The Balaban J connectivity index is 1.43. The van der Waals surface area contributed by atoms with Crippen LogP contribution in [-0.2, 0) is 11.2 Å². The van der Waals surface area contributed by atoms with Crippen molar-refractivity contribution >= 4 is 29.1 Å². The van der Waals surface area contributed by atoms with Crippen molar-refractivity contribution in [2.75, 3.05) is 13.2 Å². The van der Waals surface area contributed by atoms with Crippen molar-refractivity contribution in [3.63, 3.8) is 0 Å². The van der Waals surface area contributed by atoms with E-state index in [1.807, 2.05) is 49.4 Å². The maximum Gasteiger partial charge on any atom is 0.276 e. The van der Waals surface area contributed by atoms with E-state index < -0.39 is 11.8 Å². The van der Waals surface area contributed by atoms with Crippen LogP contribution in [0.2, 0.25) is 0 Å². The Kier molecular flexibility index (Phi) is 8.79. The van der Waals surface area contributed by atoms with E-state index in [2.05, 4.69) is 16.2 Å². The highest BCUT2D eigenvalue weighted by atomic mass is 32.1. The highest BCUT2D eigenvalue weighted by molar-refractivity contribution is 7.80. The summed E-state index contributed by atoms with van der Waals surface area (Å²) in [6.45, 7) is 2.18. The average molecular weight is 464 g/mol. The van der Waals surface area contributed by atoms with Crippen LogP contribution in [0, 0.1) is 6.92 Å². The Morgan fingerprint density at radius 2 is 1.55 bits per heavy atom. The number of nitrogens with one attached hydrogen (secondary N) is 3. The molecular weight excluding hydrogens is 438 g/mol. The van der Waals surface area contributed by atoms with Gasteiger partial charge in [0.25, 0.3) is 11.8 Å². The van der Waals surface area contributed by atoms with Crippen LogP contribution in [0.1, 0.15) is 21.5 Å². The molecule has 0 saturated heterocycles. The average Bonchev–Trinajstić information content (AvgIpc) is 2.83. The maximum atomic E-state index is 12.6. The molecule has 3 aromatic carbocycles. The van der Waals surface area contributed by atoms with Gasteiger partial charge in [-0.2, -0.15) is 0 Å². The van der Waals surface area contributed by atoms with Crippen LogP contribution in [0.15, 0.2) is 78.9 Å². The van der Waals surface area contributed by atoms with Crippen molar-refractivity contribution in [1.82, 2.24) is 16.2 Å². The van der Waals surface area contributed by atoms with Gasteiger partial charge in [0.05, 0.1) is 12.2 Å². The van der Waals surface area contributed by atoms with E-state index in [1.54, 1.807) is 36.4 Å². The second kappa shape index (κ2) is 12.2. The molecule has 0 radical (unpaired) electrons. The van der Waals surface area contributed by atoms with Gasteiger partial charge in [-0.05, 0) is 49.0 Å². The molecule has 0 bridgehead atoms. The maximum absolute atomic E-state index is 12.6. The molecule has 0 spiro atoms. The van der Waals surface area contributed by atoms with E-state index in [0.29, 0.717) is 30.1 Å². The smallest absolute Gasteiger partial charge is 0.276 e. The topological polar surface area (TPSA) is 88.7 Å². The van der Waals surface area contributed by atoms with E-state index in [1.165, 1.54) is 0 Å². The predicted molar refractivity (Wildman–Crippen MR) is 130 cm³/mol. The SMILES string of the molecule is Cc1ccc(OCC(=O)NNC(=S)NC(=O)c2ccccc2OCCc2ccccc2)cc1. The molecule has 33 heavy (non-hydrogen) atoms. The molecule has 8 heteroatoms. The third-order valence-corrected chi connectivity index (χ3v) is 4.76. The number of aryl methyl sites for hydroxylation is 1. The molecule has 0 fully saturated rings. The standard InChI is InChI=1S/C25H25N3O4S/c1-18-11-13-20(14-12-18)32-17-23(29)27-28-25(33)26-24(30)21-9-5-6-10-22(21)31-16-15-19-7-3-2-4-8-19/h2-14H,15-17H2,1H3,(H,27,29)(H2,26,28,30,33). The fourth-order valence-corrected chi connectivity index (χ4v) is 2.99. The summed E-state index contributed by atoms with van der Waals surface area (Å²) < 4.78 is 11.2. The summed E-state index contributed by atoms with van der Waals surface area (Å²) in [5.74, 6) is 0.129. The summed E-state index contributed by atoms with van der Waals surface area (Å²) in [4.78, 5) is 24.6. The van der Waals surface area contributed by atoms with Crippen LogP contribution in [0.25, 0.3) is 0 Å². The molecule has 3 rings (SSSR count). The molecule has 3 N–H and O–H groups in total. The molecule has 0 saturated carbocycles. The number of hydrogen-bond donors (Lipinski definition) is 3. The molecule has 2 amide bonds. The van der Waals surface area contributed by atoms with Gasteiger partial charge in [-0.3, -0.25) is 25.8 Å². The van der Waals surface area contributed by atoms with Crippen LogP contribution >= 0.6 is 12.2 Å². The van der Waals surface area contributed by atoms with E-state index in [-0.39, 0.29) is 11.7 Å². The number of hydrogen-bond acceptors (Lipinski definition) is 5. The first-order chi connectivity index (χ1) is 16.0. The van der Waals surface area contributed by atoms with Crippen molar-refractivity contribution in [3.05, 3.63) is 95.6 Å². The first-order valence-corrected chi connectivity index (χ1v) is 10.8. The quantitative estimate of drug-likeness (QED) is 0.351. The lowest BCUT2D eigenvalue weighted by Crippen LogP contribution is -2.49. The molecule has 0 aliphatic heterocycles. The Hall–Kier alpha value is -3.91. The molecule has 170 valence electrons. The van der Waals surface area contributed by atoms with Gasteiger partial charge in [0.1, 0.15) is 11.5 Å². The molecular formula is C25H25N3O4S. The number of amides is 2. The van der Waals surface area contributed by atoms with Gasteiger partial charge >= 0.3 is 0 Å². The van der Waals surface area contributed by atoms with Crippen molar-refractivity contribution in [2.45, 2.75) is 13.3 Å². The molecule has 0 unspecified atom stereocenters. The summed E-state index contributed by atoms with van der Waals surface area (Å²) in [7, 11) is 0. The fourth-order valence-electron chi connectivity index (χ4n) is 2.85. The molecule has 0 heterocycles. The largest absolute Gasteiger partial charge is 0.492 e. The molecule has 0 aliphatic carbocycles. The normalized spacial score (nSPS) is 10.1. The first kappa shape index (κ1) is 23.7. The van der Waals surface area contributed by atoms with E-state index in [4.69, 9.17) is 21.7 Å². The van der Waals surface area contributed by atoms with Gasteiger partial charge < -0.3 is 9.47 Å². The van der Waals surface area contributed by atoms with Crippen LogP contribution < -0.4 is 25.6 Å². The second-order valence-corrected chi connectivity index (χ2v) is 7.55. The Morgan fingerprint density at radius 3 is 2.30 bits per heavy atom. The number of benzene rings is 3. The van der Waals surface area contributed by atoms with E-state index >= 15 is 0 Å². The molecule has 3 aromatic rings. The van der Waals surface area contributed by atoms with Gasteiger partial charge in [0.2, 0.25) is 0 Å².